The van der Waals surface area contributed by atoms with Crippen molar-refractivity contribution in [2.45, 2.75) is 6.54 Å². The van der Waals surface area contributed by atoms with E-state index in [4.69, 9.17) is 23.1 Å². The van der Waals surface area contributed by atoms with Gasteiger partial charge < -0.3 is 11.5 Å². The van der Waals surface area contributed by atoms with Crippen LogP contribution in [0.5, 0.6) is 0 Å². The summed E-state index contributed by atoms with van der Waals surface area (Å²) in [7, 11) is 0. The smallest absolute Gasteiger partial charge is 0.248 e. The maximum Gasteiger partial charge on any atom is 0.248 e. The lowest BCUT2D eigenvalue weighted by Gasteiger charge is -2.08. The lowest BCUT2D eigenvalue weighted by Crippen LogP contribution is -2.10. The van der Waals surface area contributed by atoms with Gasteiger partial charge in [0.2, 0.25) is 5.91 Å². The molecule has 0 aromatic heterocycles. The molecule has 2 rings (SSSR count). The average molecular weight is 261 g/mol. The van der Waals surface area contributed by atoms with Gasteiger partial charge in [0.05, 0.1) is 0 Å². The monoisotopic (exact) mass is 260 g/mol. The van der Waals surface area contributed by atoms with Gasteiger partial charge in [0.1, 0.15) is 0 Å². The molecule has 4 heteroatoms. The Balaban J connectivity index is 2.54. The first kappa shape index (κ1) is 12.6. The fraction of sp³-hybridized carbons (Fsp3) is 0.0714. The topological polar surface area (TPSA) is 69.1 Å². The average Bonchev–Trinajstić information content (AvgIpc) is 2.39. The fourth-order valence-electron chi connectivity index (χ4n) is 1.77. The largest absolute Gasteiger partial charge is 0.366 e. The van der Waals surface area contributed by atoms with Crippen LogP contribution in [0.4, 0.5) is 0 Å². The van der Waals surface area contributed by atoms with Crippen molar-refractivity contribution in [1.82, 2.24) is 0 Å². The van der Waals surface area contributed by atoms with E-state index >= 15 is 0 Å². The molecule has 0 aliphatic heterocycles. The Morgan fingerprint density at radius 3 is 2.61 bits per heavy atom. The van der Waals surface area contributed by atoms with Crippen LogP contribution in [0.2, 0.25) is 5.02 Å². The number of carbonyl (C=O) groups is 1. The summed E-state index contributed by atoms with van der Waals surface area (Å²) in [6.45, 7) is 0.459. The van der Waals surface area contributed by atoms with Crippen molar-refractivity contribution in [3.63, 3.8) is 0 Å². The van der Waals surface area contributed by atoms with Crippen molar-refractivity contribution in [1.29, 1.82) is 0 Å². The Labute approximate surface area is 110 Å². The van der Waals surface area contributed by atoms with Gasteiger partial charge in [-0.05, 0) is 35.4 Å². The molecule has 0 bridgehead atoms. The number of primary amides is 1. The van der Waals surface area contributed by atoms with Crippen LogP contribution in [0.15, 0.2) is 42.5 Å². The van der Waals surface area contributed by atoms with Gasteiger partial charge in [-0.3, -0.25) is 4.79 Å². The van der Waals surface area contributed by atoms with E-state index in [-0.39, 0.29) is 0 Å². The molecule has 0 heterocycles. The number of hydrogen-bond acceptors (Lipinski definition) is 2. The van der Waals surface area contributed by atoms with Crippen LogP contribution in [0, 0.1) is 0 Å². The van der Waals surface area contributed by atoms with E-state index in [1.807, 2.05) is 24.3 Å². The second kappa shape index (κ2) is 5.21. The Morgan fingerprint density at radius 2 is 1.94 bits per heavy atom. The van der Waals surface area contributed by atoms with Gasteiger partial charge in [0.25, 0.3) is 0 Å². The van der Waals surface area contributed by atoms with Crippen LogP contribution >= 0.6 is 11.6 Å². The summed E-state index contributed by atoms with van der Waals surface area (Å²) in [6.07, 6.45) is 0. The standard InChI is InChI=1S/C14H13ClN2O/c15-13-5-4-11(14(17)18)7-12(13)10-3-1-2-9(6-10)8-16/h1-7H,8,16H2,(H2,17,18). The van der Waals surface area contributed by atoms with E-state index < -0.39 is 5.91 Å². The second-order valence-electron chi connectivity index (χ2n) is 3.96. The van der Waals surface area contributed by atoms with Crippen LogP contribution in [-0.4, -0.2) is 5.91 Å². The van der Waals surface area contributed by atoms with E-state index in [0.29, 0.717) is 17.1 Å². The highest BCUT2D eigenvalue weighted by molar-refractivity contribution is 6.33. The molecule has 0 saturated heterocycles. The second-order valence-corrected chi connectivity index (χ2v) is 4.37. The molecule has 4 N–H and O–H groups in total. The third-order valence-corrected chi connectivity index (χ3v) is 3.05. The molecule has 0 radical (unpaired) electrons. The van der Waals surface area contributed by atoms with Crippen LogP contribution in [-0.2, 0) is 6.54 Å². The number of nitrogens with two attached hydrogens (primary N) is 2. The van der Waals surface area contributed by atoms with E-state index in [2.05, 4.69) is 0 Å². The highest BCUT2D eigenvalue weighted by atomic mass is 35.5. The first-order chi connectivity index (χ1) is 8.61. The summed E-state index contributed by atoms with van der Waals surface area (Å²) < 4.78 is 0. The summed E-state index contributed by atoms with van der Waals surface area (Å²) in [6, 6.07) is 12.7. The van der Waals surface area contributed by atoms with E-state index in [1.54, 1.807) is 18.2 Å². The van der Waals surface area contributed by atoms with Crippen molar-refractivity contribution < 1.29 is 4.79 Å². The normalized spacial score (nSPS) is 10.3. The predicted octanol–water partition coefficient (Wildman–Crippen LogP) is 2.56. The van der Waals surface area contributed by atoms with Crippen molar-refractivity contribution in [3.8, 4) is 11.1 Å². The molecule has 0 saturated carbocycles. The minimum absolute atomic E-state index is 0.438. The van der Waals surface area contributed by atoms with E-state index in [9.17, 15) is 4.79 Å². The van der Waals surface area contributed by atoms with Crippen molar-refractivity contribution >= 4 is 17.5 Å². The number of carbonyl (C=O) groups excluding carboxylic acids is 1. The molecule has 92 valence electrons. The summed E-state index contributed by atoms with van der Waals surface area (Å²) in [5.41, 5.74) is 14.0. The quantitative estimate of drug-likeness (QED) is 0.890. The van der Waals surface area contributed by atoms with Crippen molar-refractivity contribution in [3.05, 3.63) is 58.6 Å². The molecule has 0 aliphatic carbocycles. The maximum atomic E-state index is 11.2. The summed E-state index contributed by atoms with van der Waals surface area (Å²) in [5, 5.41) is 0.578. The van der Waals surface area contributed by atoms with Crippen LogP contribution in [0.3, 0.4) is 0 Å². The number of benzene rings is 2. The maximum absolute atomic E-state index is 11.2. The van der Waals surface area contributed by atoms with Gasteiger partial charge in [0, 0.05) is 22.7 Å². The van der Waals surface area contributed by atoms with Crippen molar-refractivity contribution in [2.75, 3.05) is 0 Å². The lowest BCUT2D eigenvalue weighted by atomic mass is 10.0. The number of halogens is 1. The molecule has 18 heavy (non-hydrogen) atoms. The lowest BCUT2D eigenvalue weighted by molar-refractivity contribution is 0.100. The summed E-state index contributed by atoms with van der Waals surface area (Å²) >= 11 is 6.15. The number of rotatable bonds is 3. The minimum Gasteiger partial charge on any atom is -0.366 e. The Morgan fingerprint density at radius 1 is 1.17 bits per heavy atom. The van der Waals surface area contributed by atoms with Gasteiger partial charge >= 0.3 is 0 Å². The molecule has 1 amide bonds. The number of hydrogen-bond donors (Lipinski definition) is 2. The molecule has 0 spiro atoms. The third kappa shape index (κ3) is 2.53. The zero-order chi connectivity index (χ0) is 13.1. The fourth-order valence-corrected chi connectivity index (χ4v) is 1.99. The van der Waals surface area contributed by atoms with E-state index in [1.165, 1.54) is 0 Å². The SMILES string of the molecule is NCc1cccc(-c2cc(C(N)=O)ccc2Cl)c1. The third-order valence-electron chi connectivity index (χ3n) is 2.72. The van der Waals surface area contributed by atoms with Gasteiger partial charge in [-0.2, -0.15) is 0 Å². The Kier molecular flexibility index (Phi) is 3.65. The minimum atomic E-state index is -0.470. The molecular weight excluding hydrogens is 248 g/mol. The first-order valence-electron chi connectivity index (χ1n) is 5.50. The Hall–Kier alpha value is -1.84. The van der Waals surface area contributed by atoms with Crippen molar-refractivity contribution in [2.24, 2.45) is 11.5 Å². The zero-order valence-corrected chi connectivity index (χ0v) is 10.4. The molecule has 0 fully saturated rings. The van der Waals surface area contributed by atoms with Gasteiger partial charge in [0.15, 0.2) is 0 Å². The molecule has 0 aliphatic rings. The summed E-state index contributed by atoms with van der Waals surface area (Å²) in [4.78, 5) is 11.2. The first-order valence-corrected chi connectivity index (χ1v) is 5.88. The zero-order valence-electron chi connectivity index (χ0n) is 9.69. The predicted molar refractivity (Wildman–Crippen MR) is 73.3 cm³/mol. The highest BCUT2D eigenvalue weighted by Gasteiger charge is 2.08. The molecular formula is C14H13ClN2O. The Bertz CT molecular complexity index is 596. The molecule has 3 nitrogen and oxygen atoms in total. The number of amides is 1. The van der Waals surface area contributed by atoms with Gasteiger partial charge in [-0.25, -0.2) is 0 Å². The molecule has 0 atom stereocenters. The van der Waals surface area contributed by atoms with Gasteiger partial charge in [-0.1, -0.05) is 29.8 Å². The van der Waals surface area contributed by atoms with E-state index in [0.717, 1.165) is 16.7 Å². The van der Waals surface area contributed by atoms with Crippen LogP contribution in [0.25, 0.3) is 11.1 Å². The summed E-state index contributed by atoms with van der Waals surface area (Å²) in [5.74, 6) is -0.470. The van der Waals surface area contributed by atoms with Gasteiger partial charge in [-0.15, -0.1) is 0 Å². The molecule has 2 aromatic carbocycles. The highest BCUT2D eigenvalue weighted by Crippen LogP contribution is 2.29. The van der Waals surface area contributed by atoms with Crippen LogP contribution < -0.4 is 11.5 Å². The molecule has 2 aromatic rings. The molecule has 0 unspecified atom stereocenters. The van der Waals surface area contributed by atoms with Crippen LogP contribution in [0.1, 0.15) is 15.9 Å².